The largest absolute Gasteiger partial charge is 0.299 e. The summed E-state index contributed by atoms with van der Waals surface area (Å²) in [5.74, 6) is 0.321. The predicted octanol–water partition coefficient (Wildman–Crippen LogP) is 4.80. The number of hydrogen-bond acceptors (Lipinski definition) is 3. The van der Waals surface area contributed by atoms with Gasteiger partial charge in [-0.1, -0.05) is 73.0 Å². The maximum atomic E-state index is 12.2. The van der Waals surface area contributed by atoms with E-state index >= 15 is 0 Å². The van der Waals surface area contributed by atoms with Crippen molar-refractivity contribution in [3.8, 4) is 0 Å². The first-order valence-electron chi connectivity index (χ1n) is 7.19. The second-order valence-electron chi connectivity index (χ2n) is 5.70. The van der Waals surface area contributed by atoms with Crippen LogP contribution in [-0.4, -0.2) is 12.9 Å². The number of aryl methyl sites for hydroxylation is 1. The molecule has 0 bridgehead atoms. The first-order valence-corrected chi connectivity index (χ1v) is 9.35. The molecule has 0 aromatic heterocycles. The molecule has 6 heteroatoms. The minimum absolute atomic E-state index is 0.0717. The zero-order valence-electron chi connectivity index (χ0n) is 12.0. The second kappa shape index (κ2) is 6.86. The number of rotatable bonds is 5. The van der Waals surface area contributed by atoms with Crippen LogP contribution in [0.1, 0.15) is 44.1 Å². The molecule has 1 aromatic carbocycles. The lowest BCUT2D eigenvalue weighted by Crippen LogP contribution is -2.27. The standard InChI is InChI=1S/C15H20Cl2O3S/c1-12-7-9-14(10-8-12)21(18,19)20-15(16,17)11-13-5-3-2-4-6-13/h7-10,13H,2-6,11H2,1H3. The van der Waals surface area contributed by atoms with Crippen molar-refractivity contribution in [1.82, 2.24) is 0 Å². The third-order valence-corrected chi connectivity index (χ3v) is 5.79. The number of benzene rings is 1. The smallest absolute Gasteiger partial charge is 0.227 e. The maximum absolute atomic E-state index is 12.2. The van der Waals surface area contributed by atoms with Gasteiger partial charge in [-0.2, -0.15) is 8.42 Å². The van der Waals surface area contributed by atoms with Crippen molar-refractivity contribution in [2.75, 3.05) is 0 Å². The highest BCUT2D eigenvalue weighted by Gasteiger charge is 2.35. The molecule has 0 spiro atoms. The molecule has 0 amide bonds. The molecule has 1 fully saturated rings. The summed E-state index contributed by atoms with van der Waals surface area (Å²) >= 11 is 12.2. The molecule has 1 aliphatic rings. The van der Waals surface area contributed by atoms with Crippen molar-refractivity contribution < 1.29 is 12.6 Å². The van der Waals surface area contributed by atoms with Crippen LogP contribution in [0.5, 0.6) is 0 Å². The van der Waals surface area contributed by atoms with E-state index < -0.39 is 14.6 Å². The molecule has 21 heavy (non-hydrogen) atoms. The summed E-state index contributed by atoms with van der Waals surface area (Å²) in [5, 5.41) is 0. The molecule has 2 rings (SSSR count). The minimum Gasteiger partial charge on any atom is -0.227 e. The predicted molar refractivity (Wildman–Crippen MR) is 85.1 cm³/mol. The van der Waals surface area contributed by atoms with Gasteiger partial charge in [0.25, 0.3) is 10.1 Å². The lowest BCUT2D eigenvalue weighted by atomic mass is 9.87. The number of halogens is 2. The van der Waals surface area contributed by atoms with E-state index in [1.54, 1.807) is 12.1 Å². The summed E-state index contributed by atoms with van der Waals surface area (Å²) in [6.07, 6.45) is 5.88. The summed E-state index contributed by atoms with van der Waals surface area (Å²) in [6, 6.07) is 6.41. The third kappa shape index (κ3) is 5.13. The highest BCUT2D eigenvalue weighted by Crippen LogP contribution is 2.39. The Morgan fingerprint density at radius 2 is 1.71 bits per heavy atom. The molecule has 1 aromatic rings. The molecular formula is C15H20Cl2O3S. The van der Waals surface area contributed by atoms with Crippen molar-refractivity contribution in [1.29, 1.82) is 0 Å². The zero-order chi connectivity index (χ0) is 15.5. The van der Waals surface area contributed by atoms with E-state index in [0.717, 1.165) is 31.2 Å². The highest BCUT2D eigenvalue weighted by atomic mass is 35.5. The Morgan fingerprint density at radius 1 is 1.14 bits per heavy atom. The van der Waals surface area contributed by atoms with Gasteiger partial charge in [-0.3, -0.25) is 0 Å². The fourth-order valence-electron chi connectivity index (χ4n) is 2.67. The molecule has 0 unspecified atom stereocenters. The highest BCUT2D eigenvalue weighted by molar-refractivity contribution is 7.86. The molecule has 0 radical (unpaired) electrons. The van der Waals surface area contributed by atoms with Gasteiger partial charge in [0.2, 0.25) is 4.52 Å². The Balaban J connectivity index is 2.05. The van der Waals surface area contributed by atoms with Gasteiger partial charge in [0, 0.05) is 6.42 Å². The van der Waals surface area contributed by atoms with E-state index in [1.807, 2.05) is 6.92 Å². The van der Waals surface area contributed by atoms with Gasteiger partial charge in [-0.05, 0) is 25.0 Å². The van der Waals surface area contributed by atoms with Crippen molar-refractivity contribution >= 4 is 33.3 Å². The van der Waals surface area contributed by atoms with Gasteiger partial charge in [0.05, 0.1) is 4.90 Å². The van der Waals surface area contributed by atoms with Gasteiger partial charge in [0.1, 0.15) is 0 Å². The molecule has 0 atom stereocenters. The van der Waals surface area contributed by atoms with Gasteiger partial charge < -0.3 is 0 Å². The van der Waals surface area contributed by atoms with E-state index in [2.05, 4.69) is 0 Å². The lowest BCUT2D eigenvalue weighted by molar-refractivity contribution is 0.190. The Bertz CT molecular complexity index is 561. The van der Waals surface area contributed by atoms with Crippen LogP contribution in [0.3, 0.4) is 0 Å². The van der Waals surface area contributed by atoms with Crippen LogP contribution in [0, 0.1) is 12.8 Å². The van der Waals surface area contributed by atoms with Gasteiger partial charge in [-0.25, -0.2) is 4.18 Å². The molecule has 0 heterocycles. The number of hydrogen-bond donors (Lipinski definition) is 0. The molecule has 0 saturated heterocycles. The van der Waals surface area contributed by atoms with Crippen LogP contribution in [-0.2, 0) is 14.3 Å². The van der Waals surface area contributed by atoms with E-state index in [9.17, 15) is 8.42 Å². The van der Waals surface area contributed by atoms with Gasteiger partial charge in [-0.15, -0.1) is 0 Å². The van der Waals surface area contributed by atoms with Crippen LogP contribution in [0.25, 0.3) is 0 Å². The monoisotopic (exact) mass is 350 g/mol. The average molecular weight is 351 g/mol. The average Bonchev–Trinajstić information content (AvgIpc) is 2.38. The van der Waals surface area contributed by atoms with Gasteiger partial charge >= 0.3 is 0 Å². The van der Waals surface area contributed by atoms with Crippen molar-refractivity contribution in [3.05, 3.63) is 29.8 Å². The van der Waals surface area contributed by atoms with E-state index in [1.165, 1.54) is 18.6 Å². The van der Waals surface area contributed by atoms with Crippen LogP contribution >= 0.6 is 23.2 Å². The fourth-order valence-corrected chi connectivity index (χ4v) is 4.56. The van der Waals surface area contributed by atoms with Crippen molar-refractivity contribution in [3.63, 3.8) is 0 Å². The molecule has 1 saturated carbocycles. The van der Waals surface area contributed by atoms with Crippen LogP contribution in [0.2, 0.25) is 0 Å². The van der Waals surface area contributed by atoms with E-state index in [4.69, 9.17) is 27.4 Å². The third-order valence-electron chi connectivity index (χ3n) is 3.79. The zero-order valence-corrected chi connectivity index (χ0v) is 14.3. The quantitative estimate of drug-likeness (QED) is 0.565. The summed E-state index contributed by atoms with van der Waals surface area (Å²) < 4.78 is 27.8. The molecule has 0 N–H and O–H groups in total. The SMILES string of the molecule is Cc1ccc(S(=O)(=O)OC(Cl)(Cl)CC2CCCCC2)cc1. The molecule has 1 aliphatic carbocycles. The normalized spacial score (nSPS) is 17.9. The Labute approximate surface area is 136 Å². The topological polar surface area (TPSA) is 43.4 Å². The molecular weight excluding hydrogens is 331 g/mol. The molecule has 0 aliphatic heterocycles. The van der Waals surface area contributed by atoms with Crippen LogP contribution < -0.4 is 0 Å². The first kappa shape index (κ1) is 17.1. The summed E-state index contributed by atoms with van der Waals surface area (Å²) in [7, 11) is -3.95. The van der Waals surface area contributed by atoms with Crippen LogP contribution in [0.15, 0.2) is 29.2 Å². The van der Waals surface area contributed by atoms with Crippen molar-refractivity contribution in [2.24, 2.45) is 5.92 Å². The Hall–Kier alpha value is -0.290. The first-order chi connectivity index (χ1) is 9.78. The Kier molecular flexibility index (Phi) is 5.58. The summed E-state index contributed by atoms with van der Waals surface area (Å²) in [6.45, 7) is 1.88. The van der Waals surface area contributed by atoms with E-state index in [0.29, 0.717) is 12.3 Å². The number of alkyl halides is 2. The van der Waals surface area contributed by atoms with E-state index in [-0.39, 0.29) is 4.90 Å². The molecule has 118 valence electrons. The fraction of sp³-hybridized carbons (Fsp3) is 0.600. The lowest BCUT2D eigenvalue weighted by Gasteiger charge is -2.27. The van der Waals surface area contributed by atoms with Crippen molar-refractivity contribution in [2.45, 2.75) is 54.9 Å². The second-order valence-corrected chi connectivity index (χ2v) is 8.66. The Morgan fingerprint density at radius 3 is 2.29 bits per heavy atom. The van der Waals surface area contributed by atoms with Crippen LogP contribution in [0.4, 0.5) is 0 Å². The minimum atomic E-state index is -3.95. The maximum Gasteiger partial charge on any atom is 0.299 e. The van der Waals surface area contributed by atoms with Gasteiger partial charge in [0.15, 0.2) is 0 Å². The molecule has 3 nitrogen and oxygen atoms in total. The summed E-state index contributed by atoms with van der Waals surface area (Å²) in [4.78, 5) is 0.0717. The summed E-state index contributed by atoms with van der Waals surface area (Å²) in [5.41, 5.74) is 0.971.